The molecule has 0 aliphatic carbocycles. The Morgan fingerprint density at radius 2 is 1.83 bits per heavy atom. The predicted octanol–water partition coefficient (Wildman–Crippen LogP) is 5.25. The summed E-state index contributed by atoms with van der Waals surface area (Å²) in [6, 6.07) is 14.2. The highest BCUT2D eigenvalue weighted by atomic mass is 16.3. The highest BCUT2D eigenvalue weighted by molar-refractivity contribution is 6.13. The maximum atomic E-state index is 7.31. The standard InChI is InChI=1S/C21H17N2O/c1-13-8-9-18-21(20(13)17-7-5-6-10-23(17)4)15-11-14(2)16(22-3)12-19(15)24-18/h5-12H,1-2,4H3/q+1. The van der Waals surface area contributed by atoms with Crippen molar-refractivity contribution in [2.75, 3.05) is 0 Å². The van der Waals surface area contributed by atoms with Gasteiger partial charge in [-0.15, -0.1) is 0 Å². The Labute approximate surface area is 140 Å². The first-order valence-electron chi connectivity index (χ1n) is 7.89. The van der Waals surface area contributed by atoms with Gasteiger partial charge in [-0.05, 0) is 43.2 Å². The van der Waals surface area contributed by atoms with Gasteiger partial charge in [0.1, 0.15) is 18.2 Å². The van der Waals surface area contributed by atoms with Crippen molar-refractivity contribution >= 4 is 27.6 Å². The Morgan fingerprint density at radius 1 is 1.00 bits per heavy atom. The first-order valence-corrected chi connectivity index (χ1v) is 7.89. The molecular formula is C21H17N2O+. The molecule has 0 aliphatic rings. The van der Waals surface area contributed by atoms with Crippen molar-refractivity contribution in [1.82, 2.24) is 0 Å². The maximum Gasteiger partial charge on any atom is 0.213 e. The van der Waals surface area contributed by atoms with E-state index >= 15 is 0 Å². The molecule has 0 saturated heterocycles. The molecule has 4 aromatic rings. The normalized spacial score (nSPS) is 11.1. The number of rotatable bonds is 1. The molecule has 0 saturated carbocycles. The number of hydrogen-bond acceptors (Lipinski definition) is 1. The van der Waals surface area contributed by atoms with Gasteiger partial charge in [0.15, 0.2) is 11.9 Å². The molecule has 0 unspecified atom stereocenters. The number of hydrogen-bond donors (Lipinski definition) is 0. The second-order valence-corrected chi connectivity index (χ2v) is 6.18. The second-order valence-electron chi connectivity index (χ2n) is 6.18. The van der Waals surface area contributed by atoms with Crippen LogP contribution in [0, 0.1) is 20.4 Å². The number of aryl methyl sites for hydroxylation is 3. The van der Waals surface area contributed by atoms with Gasteiger partial charge in [-0.2, -0.15) is 0 Å². The fourth-order valence-electron chi connectivity index (χ4n) is 3.35. The quantitative estimate of drug-likeness (QED) is 0.347. The summed E-state index contributed by atoms with van der Waals surface area (Å²) in [5.74, 6) is 0. The fourth-order valence-corrected chi connectivity index (χ4v) is 3.35. The molecule has 0 bridgehead atoms. The molecule has 116 valence electrons. The third-order valence-electron chi connectivity index (χ3n) is 4.59. The molecule has 3 nitrogen and oxygen atoms in total. The van der Waals surface area contributed by atoms with E-state index < -0.39 is 0 Å². The zero-order valence-electron chi connectivity index (χ0n) is 13.9. The Hall–Kier alpha value is -3.12. The molecule has 24 heavy (non-hydrogen) atoms. The summed E-state index contributed by atoms with van der Waals surface area (Å²) in [7, 11) is 2.05. The van der Waals surface area contributed by atoms with E-state index in [4.69, 9.17) is 11.0 Å². The molecule has 2 aromatic carbocycles. The predicted molar refractivity (Wildman–Crippen MR) is 96.1 cm³/mol. The molecular weight excluding hydrogens is 296 g/mol. The maximum absolute atomic E-state index is 7.31. The molecule has 0 spiro atoms. The molecule has 3 heteroatoms. The van der Waals surface area contributed by atoms with E-state index in [0.29, 0.717) is 5.69 Å². The third-order valence-corrected chi connectivity index (χ3v) is 4.59. The number of furan rings is 1. The lowest BCUT2D eigenvalue weighted by atomic mass is 9.97. The van der Waals surface area contributed by atoms with Crippen LogP contribution in [-0.4, -0.2) is 0 Å². The van der Waals surface area contributed by atoms with Crippen molar-refractivity contribution in [2.45, 2.75) is 13.8 Å². The largest absolute Gasteiger partial charge is 0.457 e. The Morgan fingerprint density at radius 3 is 2.58 bits per heavy atom. The van der Waals surface area contributed by atoms with E-state index in [2.05, 4.69) is 53.8 Å². The summed E-state index contributed by atoms with van der Waals surface area (Å²) >= 11 is 0. The summed E-state index contributed by atoms with van der Waals surface area (Å²) in [6.45, 7) is 11.4. The van der Waals surface area contributed by atoms with Gasteiger partial charge in [-0.25, -0.2) is 9.41 Å². The first-order chi connectivity index (χ1) is 11.6. The van der Waals surface area contributed by atoms with Crippen LogP contribution in [0.4, 0.5) is 5.69 Å². The average molecular weight is 313 g/mol. The van der Waals surface area contributed by atoms with Gasteiger partial charge in [0.25, 0.3) is 0 Å². The average Bonchev–Trinajstić information content (AvgIpc) is 2.93. The Kier molecular flexibility index (Phi) is 3.14. The van der Waals surface area contributed by atoms with Crippen molar-refractivity contribution in [3.63, 3.8) is 0 Å². The van der Waals surface area contributed by atoms with Gasteiger partial charge < -0.3 is 4.42 Å². The van der Waals surface area contributed by atoms with Crippen LogP contribution in [0.25, 0.3) is 38.0 Å². The van der Waals surface area contributed by atoms with E-state index in [1.165, 1.54) is 11.1 Å². The van der Waals surface area contributed by atoms with Crippen LogP contribution >= 0.6 is 0 Å². The number of pyridine rings is 1. The number of fused-ring (bicyclic) bond motifs is 3. The summed E-state index contributed by atoms with van der Waals surface area (Å²) in [5, 5.41) is 2.18. The summed E-state index contributed by atoms with van der Waals surface area (Å²) < 4.78 is 8.18. The minimum atomic E-state index is 0.644. The minimum Gasteiger partial charge on any atom is -0.457 e. The van der Waals surface area contributed by atoms with Crippen LogP contribution in [0.3, 0.4) is 0 Å². The molecule has 0 N–H and O–H groups in total. The second kappa shape index (κ2) is 5.21. The van der Waals surface area contributed by atoms with E-state index in [1.54, 1.807) is 0 Å². The molecule has 0 radical (unpaired) electrons. The van der Waals surface area contributed by atoms with Gasteiger partial charge in [-0.3, -0.25) is 0 Å². The monoisotopic (exact) mass is 313 g/mol. The number of benzene rings is 2. The van der Waals surface area contributed by atoms with Gasteiger partial charge >= 0.3 is 0 Å². The molecule has 2 heterocycles. The lowest BCUT2D eigenvalue weighted by molar-refractivity contribution is -0.660. The Balaban J connectivity index is 2.20. The van der Waals surface area contributed by atoms with E-state index in [9.17, 15) is 0 Å². The van der Waals surface area contributed by atoms with Crippen LogP contribution in [0.15, 0.2) is 53.1 Å². The molecule has 0 fully saturated rings. The number of nitrogens with zero attached hydrogens (tertiary/aromatic N) is 2. The topological polar surface area (TPSA) is 21.4 Å². The smallest absolute Gasteiger partial charge is 0.213 e. The molecule has 0 atom stereocenters. The molecule has 0 aliphatic heterocycles. The van der Waals surface area contributed by atoms with E-state index in [0.717, 1.165) is 33.2 Å². The van der Waals surface area contributed by atoms with Crippen LogP contribution in [0.2, 0.25) is 0 Å². The Bertz CT molecular complexity index is 1150. The van der Waals surface area contributed by atoms with Crippen molar-refractivity contribution < 1.29 is 8.98 Å². The SMILES string of the molecule is [C-]#[N+]c1cc2oc3ccc(C)c(-c4cccc[n+]4C)c3c2cc1C. The lowest BCUT2D eigenvalue weighted by Gasteiger charge is -2.06. The van der Waals surface area contributed by atoms with Crippen LogP contribution in [-0.2, 0) is 7.05 Å². The third kappa shape index (κ3) is 2.00. The molecule has 2 aromatic heterocycles. The van der Waals surface area contributed by atoms with Gasteiger partial charge in [0.05, 0.1) is 12.1 Å². The lowest BCUT2D eigenvalue weighted by Crippen LogP contribution is -2.30. The summed E-state index contributed by atoms with van der Waals surface area (Å²) in [6.07, 6.45) is 2.05. The van der Waals surface area contributed by atoms with E-state index in [1.807, 2.05) is 25.1 Å². The van der Waals surface area contributed by atoms with Crippen LogP contribution in [0.5, 0.6) is 0 Å². The minimum absolute atomic E-state index is 0.644. The van der Waals surface area contributed by atoms with Gasteiger partial charge in [0.2, 0.25) is 5.69 Å². The summed E-state index contributed by atoms with van der Waals surface area (Å²) in [4.78, 5) is 3.59. The highest BCUT2D eigenvalue weighted by Crippen LogP contribution is 2.39. The summed E-state index contributed by atoms with van der Waals surface area (Å²) in [5.41, 5.74) is 6.79. The molecule has 0 amide bonds. The zero-order valence-corrected chi connectivity index (χ0v) is 13.9. The van der Waals surface area contributed by atoms with Crippen molar-refractivity contribution in [3.05, 3.63) is 71.2 Å². The number of aromatic nitrogens is 1. The van der Waals surface area contributed by atoms with Crippen LogP contribution in [0.1, 0.15) is 11.1 Å². The van der Waals surface area contributed by atoms with Gasteiger partial charge in [0, 0.05) is 22.9 Å². The first kappa shape index (κ1) is 14.5. The van der Waals surface area contributed by atoms with Crippen molar-refractivity contribution in [2.24, 2.45) is 7.05 Å². The molecule has 4 rings (SSSR count). The van der Waals surface area contributed by atoms with E-state index in [-0.39, 0.29) is 0 Å². The van der Waals surface area contributed by atoms with Crippen molar-refractivity contribution in [1.29, 1.82) is 0 Å². The zero-order chi connectivity index (χ0) is 16.8. The highest BCUT2D eigenvalue weighted by Gasteiger charge is 2.20. The fraction of sp³-hybridized carbons (Fsp3) is 0.143. The van der Waals surface area contributed by atoms with Gasteiger partial charge in [-0.1, -0.05) is 12.1 Å². The van der Waals surface area contributed by atoms with Crippen molar-refractivity contribution in [3.8, 4) is 11.3 Å². The van der Waals surface area contributed by atoms with Crippen LogP contribution < -0.4 is 4.57 Å².